The van der Waals surface area contributed by atoms with Crippen LogP contribution in [0.2, 0.25) is 0 Å². The highest BCUT2D eigenvalue weighted by molar-refractivity contribution is 7.99. The van der Waals surface area contributed by atoms with Crippen molar-refractivity contribution in [1.29, 1.82) is 0 Å². The van der Waals surface area contributed by atoms with Gasteiger partial charge in [0.2, 0.25) is 0 Å². The minimum absolute atomic E-state index is 0.0284. The molecule has 2 atom stereocenters. The van der Waals surface area contributed by atoms with Gasteiger partial charge >= 0.3 is 6.18 Å². The van der Waals surface area contributed by atoms with Gasteiger partial charge in [0.1, 0.15) is 6.54 Å². The van der Waals surface area contributed by atoms with Gasteiger partial charge in [0.25, 0.3) is 0 Å². The molecule has 0 saturated carbocycles. The summed E-state index contributed by atoms with van der Waals surface area (Å²) < 4.78 is 38.6. The van der Waals surface area contributed by atoms with Crippen LogP contribution in [0, 0.1) is 13.8 Å². The number of alkyl halides is 3. The molecule has 2 rings (SSSR count). The van der Waals surface area contributed by atoms with Crippen LogP contribution in [0.5, 0.6) is 0 Å². The largest absolute Gasteiger partial charge is 0.408 e. The number of hydrogen-bond donors (Lipinski definition) is 1. The van der Waals surface area contributed by atoms with Crippen LogP contribution in [-0.2, 0) is 6.54 Å². The molecule has 1 aromatic rings. The molecule has 0 unspecified atom stereocenters. The molecule has 1 aliphatic heterocycles. The quantitative estimate of drug-likeness (QED) is 0.926. The van der Waals surface area contributed by atoms with Crippen LogP contribution in [0.15, 0.2) is 0 Å². The highest BCUT2D eigenvalue weighted by Crippen LogP contribution is 2.27. The highest BCUT2D eigenvalue weighted by Gasteiger charge is 2.31. The van der Waals surface area contributed by atoms with Gasteiger partial charge in [-0.05, 0) is 32.9 Å². The fourth-order valence-corrected chi connectivity index (χ4v) is 3.93. The number of hydrogen-bond acceptors (Lipinski definition) is 3. The number of rotatable bonds is 4. The van der Waals surface area contributed by atoms with Gasteiger partial charge < -0.3 is 5.32 Å². The molecule has 0 aromatic carbocycles. The van der Waals surface area contributed by atoms with Crippen molar-refractivity contribution in [2.45, 2.75) is 52.0 Å². The molecule has 1 N–H and O–H groups in total. The van der Waals surface area contributed by atoms with Crippen molar-refractivity contribution in [1.82, 2.24) is 15.1 Å². The summed E-state index contributed by atoms with van der Waals surface area (Å²) in [7, 11) is 0. The summed E-state index contributed by atoms with van der Waals surface area (Å²) in [5.74, 6) is 2.22. The van der Waals surface area contributed by atoms with Gasteiger partial charge in [-0.1, -0.05) is 0 Å². The SMILES string of the molecule is Cc1nn(CC(F)(F)F)c(C)c1[C@H](C)N[C@H]1CCSC1. The lowest BCUT2D eigenvalue weighted by atomic mass is 10.1. The lowest BCUT2D eigenvalue weighted by Gasteiger charge is -2.19. The number of nitrogens with one attached hydrogen (secondary N) is 1. The first-order valence-electron chi connectivity index (χ1n) is 6.72. The zero-order valence-corrected chi connectivity index (χ0v) is 12.7. The van der Waals surface area contributed by atoms with Crippen LogP contribution in [-0.4, -0.2) is 33.5 Å². The number of nitrogens with zero attached hydrogens (tertiary/aromatic N) is 2. The Morgan fingerprint density at radius 3 is 2.70 bits per heavy atom. The van der Waals surface area contributed by atoms with Crippen molar-refractivity contribution in [3.8, 4) is 0 Å². The molecule has 114 valence electrons. The predicted octanol–water partition coefficient (Wildman–Crippen LogP) is 3.22. The second kappa shape index (κ2) is 5.97. The van der Waals surface area contributed by atoms with Crippen molar-refractivity contribution in [3.63, 3.8) is 0 Å². The molecule has 1 aliphatic rings. The normalized spacial score (nSPS) is 21.4. The van der Waals surface area contributed by atoms with Crippen LogP contribution in [0.3, 0.4) is 0 Å². The van der Waals surface area contributed by atoms with Gasteiger partial charge in [0.15, 0.2) is 0 Å². The average molecular weight is 307 g/mol. The first kappa shape index (κ1) is 15.7. The molecule has 7 heteroatoms. The third-order valence-corrected chi connectivity index (χ3v) is 4.78. The predicted molar refractivity (Wildman–Crippen MR) is 75.0 cm³/mol. The molecule has 0 aliphatic carbocycles. The van der Waals surface area contributed by atoms with Gasteiger partial charge in [-0.15, -0.1) is 0 Å². The smallest absolute Gasteiger partial charge is 0.306 e. The maximum Gasteiger partial charge on any atom is 0.408 e. The van der Waals surface area contributed by atoms with Crippen molar-refractivity contribution >= 4 is 11.8 Å². The van der Waals surface area contributed by atoms with Crippen LogP contribution in [0.25, 0.3) is 0 Å². The van der Waals surface area contributed by atoms with E-state index in [2.05, 4.69) is 10.4 Å². The van der Waals surface area contributed by atoms with Crippen molar-refractivity contribution in [2.24, 2.45) is 0 Å². The Bertz CT molecular complexity index is 464. The minimum Gasteiger partial charge on any atom is -0.306 e. The third kappa shape index (κ3) is 3.69. The van der Waals surface area contributed by atoms with Crippen LogP contribution in [0.1, 0.15) is 36.3 Å². The first-order chi connectivity index (χ1) is 9.28. The van der Waals surface area contributed by atoms with Crippen LogP contribution >= 0.6 is 11.8 Å². The first-order valence-corrected chi connectivity index (χ1v) is 7.88. The molecule has 0 radical (unpaired) electrons. The lowest BCUT2D eigenvalue weighted by Crippen LogP contribution is -2.31. The molecule has 0 bridgehead atoms. The molecule has 0 amide bonds. The van der Waals surface area contributed by atoms with Gasteiger partial charge in [-0.2, -0.15) is 30.0 Å². The number of aromatic nitrogens is 2. The Hall–Kier alpha value is -0.690. The van der Waals surface area contributed by atoms with E-state index >= 15 is 0 Å². The summed E-state index contributed by atoms with van der Waals surface area (Å²) in [4.78, 5) is 0. The molecule has 1 aromatic heterocycles. The van der Waals surface area contributed by atoms with Gasteiger partial charge in [-0.25, -0.2) is 0 Å². The maximum atomic E-state index is 12.5. The fourth-order valence-electron chi connectivity index (χ4n) is 2.76. The summed E-state index contributed by atoms with van der Waals surface area (Å²) in [6, 6.07) is 0.473. The molecule has 3 nitrogen and oxygen atoms in total. The van der Waals surface area contributed by atoms with Crippen LogP contribution < -0.4 is 5.32 Å². The Morgan fingerprint density at radius 2 is 2.15 bits per heavy atom. The molecular weight excluding hydrogens is 287 g/mol. The molecule has 1 fully saturated rings. The number of halogens is 3. The summed E-state index contributed by atoms with van der Waals surface area (Å²) in [6.45, 7) is 4.46. The van der Waals surface area contributed by atoms with E-state index in [1.165, 1.54) is 0 Å². The van der Waals surface area contributed by atoms with E-state index in [-0.39, 0.29) is 6.04 Å². The minimum atomic E-state index is -4.24. The van der Waals surface area contributed by atoms with Crippen molar-refractivity contribution in [3.05, 3.63) is 17.0 Å². The summed E-state index contributed by atoms with van der Waals surface area (Å²) in [5.41, 5.74) is 2.18. The van der Waals surface area contributed by atoms with E-state index in [1.807, 2.05) is 18.7 Å². The summed E-state index contributed by atoms with van der Waals surface area (Å²) in [6.07, 6.45) is -3.12. The number of thioether (sulfide) groups is 1. The number of aryl methyl sites for hydroxylation is 1. The Labute approximate surface area is 121 Å². The van der Waals surface area contributed by atoms with Gasteiger partial charge in [0.05, 0.1) is 5.69 Å². The van der Waals surface area contributed by atoms with E-state index < -0.39 is 12.7 Å². The van der Waals surface area contributed by atoms with Gasteiger partial charge in [-0.3, -0.25) is 4.68 Å². The molecule has 20 heavy (non-hydrogen) atoms. The lowest BCUT2D eigenvalue weighted by molar-refractivity contribution is -0.142. The van der Waals surface area contributed by atoms with Crippen LogP contribution in [0.4, 0.5) is 13.2 Å². The maximum absolute atomic E-state index is 12.5. The van der Waals surface area contributed by atoms with E-state index in [9.17, 15) is 13.2 Å². The third-order valence-electron chi connectivity index (χ3n) is 3.61. The Morgan fingerprint density at radius 1 is 1.45 bits per heavy atom. The van der Waals surface area contributed by atoms with E-state index in [4.69, 9.17) is 0 Å². The second-order valence-electron chi connectivity index (χ2n) is 5.31. The van der Waals surface area contributed by atoms with Crippen molar-refractivity contribution in [2.75, 3.05) is 11.5 Å². The second-order valence-corrected chi connectivity index (χ2v) is 6.46. The summed E-state index contributed by atoms with van der Waals surface area (Å²) >= 11 is 1.91. The van der Waals surface area contributed by atoms with E-state index in [0.717, 1.165) is 28.2 Å². The van der Waals surface area contributed by atoms with E-state index in [0.29, 0.717) is 17.4 Å². The fraction of sp³-hybridized carbons (Fsp3) is 0.769. The average Bonchev–Trinajstić information content (AvgIpc) is 2.86. The topological polar surface area (TPSA) is 29.9 Å². The highest BCUT2D eigenvalue weighted by atomic mass is 32.2. The molecule has 1 saturated heterocycles. The van der Waals surface area contributed by atoms with E-state index in [1.54, 1.807) is 13.8 Å². The molecular formula is C13H20F3N3S. The standard InChI is InChI=1S/C13H20F3N3S/c1-8(17-11-4-5-20-6-11)12-9(2)18-19(10(12)3)7-13(14,15)16/h8,11,17H,4-7H2,1-3H3/t8-,11-/m0/s1. The Balaban J connectivity index is 2.14. The van der Waals surface area contributed by atoms with Crippen molar-refractivity contribution < 1.29 is 13.2 Å². The zero-order chi connectivity index (χ0) is 14.9. The zero-order valence-electron chi connectivity index (χ0n) is 11.9. The van der Waals surface area contributed by atoms with Gasteiger partial charge in [0, 0.05) is 29.1 Å². The Kier molecular flexibility index (Phi) is 4.69. The molecule has 2 heterocycles. The molecule has 0 spiro atoms. The monoisotopic (exact) mass is 307 g/mol. The summed E-state index contributed by atoms with van der Waals surface area (Å²) in [5, 5.41) is 7.54.